The van der Waals surface area contributed by atoms with Gasteiger partial charge in [0.05, 0.1) is 26.2 Å². The van der Waals surface area contributed by atoms with Gasteiger partial charge in [-0.3, -0.25) is 4.79 Å². The Morgan fingerprint density at radius 1 is 1.05 bits per heavy atom. The van der Waals surface area contributed by atoms with Crippen LogP contribution in [-0.2, 0) is 28.6 Å². The van der Waals surface area contributed by atoms with E-state index >= 15 is 0 Å². The highest BCUT2D eigenvalue weighted by Gasteiger charge is 2.52. The molecule has 2 atom stereocenters. The molecular formula is C12H19FO7. The number of ether oxygens (including phenoxy) is 3. The first kappa shape index (κ1) is 18.3. The molecule has 0 amide bonds. The van der Waals surface area contributed by atoms with Crippen LogP contribution in [0, 0.1) is 0 Å². The maximum absolute atomic E-state index is 14.0. The lowest BCUT2D eigenvalue weighted by atomic mass is 9.93. The van der Waals surface area contributed by atoms with Crippen LogP contribution in [0.3, 0.4) is 0 Å². The molecule has 0 aliphatic rings. The highest BCUT2D eigenvalue weighted by Crippen LogP contribution is 2.23. The molecular weight excluding hydrogens is 275 g/mol. The second-order valence-electron chi connectivity index (χ2n) is 3.74. The van der Waals surface area contributed by atoms with Gasteiger partial charge in [0.2, 0.25) is 11.8 Å². The first-order valence-corrected chi connectivity index (χ1v) is 6.19. The quantitative estimate of drug-likeness (QED) is 0.502. The zero-order valence-corrected chi connectivity index (χ0v) is 11.7. The van der Waals surface area contributed by atoms with E-state index < -0.39 is 36.1 Å². The van der Waals surface area contributed by atoms with Crippen molar-refractivity contribution in [3.8, 4) is 0 Å². The summed E-state index contributed by atoms with van der Waals surface area (Å²) in [5, 5.41) is 10.0. The Balaban J connectivity index is 5.18. The fraction of sp³-hybridized carbons (Fsp3) is 0.750. The predicted molar refractivity (Wildman–Crippen MR) is 64.4 cm³/mol. The van der Waals surface area contributed by atoms with E-state index in [2.05, 4.69) is 14.2 Å². The summed E-state index contributed by atoms with van der Waals surface area (Å²) >= 11 is 0. The molecule has 1 N–H and O–H groups in total. The molecule has 0 bridgehead atoms. The summed E-state index contributed by atoms with van der Waals surface area (Å²) in [6, 6.07) is 0. The Kier molecular flexibility index (Phi) is 7.75. The molecule has 116 valence electrons. The van der Waals surface area contributed by atoms with Gasteiger partial charge in [-0.05, 0) is 20.8 Å². The van der Waals surface area contributed by atoms with Crippen LogP contribution in [0.25, 0.3) is 0 Å². The van der Waals surface area contributed by atoms with Gasteiger partial charge in [0.25, 0.3) is 0 Å². The van der Waals surface area contributed by atoms with Gasteiger partial charge in [0.1, 0.15) is 0 Å². The lowest BCUT2D eigenvalue weighted by molar-refractivity contribution is -0.187. The van der Waals surface area contributed by atoms with Gasteiger partial charge in [-0.2, -0.15) is 0 Å². The minimum atomic E-state index is -2.96. The van der Waals surface area contributed by atoms with E-state index in [9.17, 15) is 23.9 Å². The molecule has 0 radical (unpaired) electrons. The smallest absolute Gasteiger partial charge is 0.344 e. The van der Waals surface area contributed by atoms with Crippen molar-refractivity contribution in [3.63, 3.8) is 0 Å². The molecule has 0 spiro atoms. The fourth-order valence-electron chi connectivity index (χ4n) is 1.36. The van der Waals surface area contributed by atoms with Crippen molar-refractivity contribution in [2.75, 3.05) is 19.8 Å². The first-order valence-electron chi connectivity index (χ1n) is 6.19. The number of esters is 3. The normalized spacial score (nSPS) is 14.8. The average molecular weight is 294 g/mol. The largest absolute Gasteiger partial charge is 0.466 e. The van der Waals surface area contributed by atoms with E-state index in [0.717, 1.165) is 0 Å². The number of carbonyl (C=O) groups is 3. The predicted octanol–water partition coefficient (Wildman–Crippen LogP) is 0.135. The Labute approximate surface area is 116 Å². The van der Waals surface area contributed by atoms with Gasteiger partial charge < -0.3 is 19.3 Å². The third-order valence-corrected chi connectivity index (χ3v) is 2.26. The van der Waals surface area contributed by atoms with Crippen LogP contribution in [0.4, 0.5) is 4.39 Å². The molecule has 0 fully saturated rings. The number of alkyl halides is 1. The maximum Gasteiger partial charge on any atom is 0.344 e. The molecule has 2 unspecified atom stereocenters. The number of halogens is 1. The molecule has 8 heteroatoms. The van der Waals surface area contributed by atoms with E-state index in [1.54, 1.807) is 0 Å². The zero-order chi connectivity index (χ0) is 15.8. The SMILES string of the molecule is CCOC(=O)CC(O)(C(=O)OCC)C(F)C(=O)OCC. The average Bonchev–Trinajstić information content (AvgIpc) is 2.38. The van der Waals surface area contributed by atoms with Crippen LogP contribution in [0.15, 0.2) is 0 Å². The number of rotatable bonds is 8. The van der Waals surface area contributed by atoms with E-state index in [1.807, 2.05) is 0 Å². The van der Waals surface area contributed by atoms with Crippen LogP contribution in [0.5, 0.6) is 0 Å². The second kappa shape index (κ2) is 8.47. The Hall–Kier alpha value is -1.70. The minimum Gasteiger partial charge on any atom is -0.466 e. The third kappa shape index (κ3) is 4.76. The Bertz CT molecular complexity index is 358. The van der Waals surface area contributed by atoms with E-state index in [-0.39, 0.29) is 19.8 Å². The lowest BCUT2D eigenvalue weighted by Crippen LogP contribution is -2.54. The van der Waals surface area contributed by atoms with Gasteiger partial charge in [-0.1, -0.05) is 0 Å². The number of hydrogen-bond acceptors (Lipinski definition) is 7. The van der Waals surface area contributed by atoms with Crippen molar-refractivity contribution in [1.29, 1.82) is 0 Å². The fourth-order valence-corrected chi connectivity index (χ4v) is 1.36. The summed E-state index contributed by atoms with van der Waals surface area (Å²) < 4.78 is 27.4. The number of carbonyl (C=O) groups excluding carboxylic acids is 3. The molecule has 20 heavy (non-hydrogen) atoms. The van der Waals surface area contributed by atoms with Gasteiger partial charge >= 0.3 is 17.9 Å². The summed E-state index contributed by atoms with van der Waals surface area (Å²) in [4.78, 5) is 34.3. The van der Waals surface area contributed by atoms with Crippen LogP contribution in [0.2, 0.25) is 0 Å². The number of hydrogen-bond donors (Lipinski definition) is 1. The maximum atomic E-state index is 14.0. The summed E-state index contributed by atoms with van der Waals surface area (Å²) in [6.45, 7) is 4.05. The highest BCUT2D eigenvalue weighted by atomic mass is 19.1. The van der Waals surface area contributed by atoms with Crippen LogP contribution < -0.4 is 0 Å². The van der Waals surface area contributed by atoms with Gasteiger partial charge in [-0.15, -0.1) is 0 Å². The van der Waals surface area contributed by atoms with Crippen LogP contribution in [-0.4, -0.2) is 54.6 Å². The molecule has 0 aromatic carbocycles. The monoisotopic (exact) mass is 294 g/mol. The van der Waals surface area contributed by atoms with Crippen molar-refractivity contribution >= 4 is 17.9 Å². The Morgan fingerprint density at radius 2 is 1.55 bits per heavy atom. The molecule has 0 aliphatic heterocycles. The first-order chi connectivity index (χ1) is 9.33. The third-order valence-electron chi connectivity index (χ3n) is 2.26. The summed E-state index contributed by atoms with van der Waals surface area (Å²) in [6.07, 6.45) is -3.79. The van der Waals surface area contributed by atoms with Gasteiger partial charge in [-0.25, -0.2) is 14.0 Å². The molecule has 0 saturated carbocycles. The molecule has 0 saturated heterocycles. The van der Waals surface area contributed by atoms with Crippen molar-refractivity contribution < 1.29 is 38.1 Å². The molecule has 0 heterocycles. The minimum absolute atomic E-state index is 0.0197. The summed E-state index contributed by atoms with van der Waals surface area (Å²) in [7, 11) is 0. The molecule has 0 aromatic rings. The lowest BCUT2D eigenvalue weighted by Gasteiger charge is -2.26. The molecule has 0 aromatic heterocycles. The molecule has 0 rings (SSSR count). The highest BCUT2D eigenvalue weighted by molar-refractivity contribution is 5.92. The number of aliphatic hydroxyl groups is 1. The van der Waals surface area contributed by atoms with Crippen molar-refractivity contribution in [2.24, 2.45) is 0 Å². The standard InChI is InChI=1S/C12H19FO7/c1-4-18-8(14)7-12(17,11(16)20-6-3)9(13)10(15)19-5-2/h9,17H,4-7H2,1-3H3. The van der Waals surface area contributed by atoms with Gasteiger partial charge in [0.15, 0.2) is 0 Å². The van der Waals surface area contributed by atoms with E-state index in [0.29, 0.717) is 0 Å². The summed E-state index contributed by atoms with van der Waals surface area (Å²) in [5.74, 6) is -3.91. The topological polar surface area (TPSA) is 99.1 Å². The Morgan fingerprint density at radius 3 is 2.00 bits per heavy atom. The summed E-state index contributed by atoms with van der Waals surface area (Å²) in [5.41, 5.74) is -2.96. The molecule has 7 nitrogen and oxygen atoms in total. The van der Waals surface area contributed by atoms with Crippen molar-refractivity contribution in [1.82, 2.24) is 0 Å². The second-order valence-corrected chi connectivity index (χ2v) is 3.74. The van der Waals surface area contributed by atoms with Crippen molar-refractivity contribution in [3.05, 3.63) is 0 Å². The molecule has 0 aliphatic carbocycles. The zero-order valence-electron chi connectivity index (χ0n) is 11.7. The van der Waals surface area contributed by atoms with E-state index in [4.69, 9.17) is 0 Å². The van der Waals surface area contributed by atoms with Gasteiger partial charge in [0, 0.05) is 0 Å². The van der Waals surface area contributed by atoms with Crippen LogP contribution >= 0.6 is 0 Å². The van der Waals surface area contributed by atoms with Crippen LogP contribution in [0.1, 0.15) is 27.2 Å². The van der Waals surface area contributed by atoms with Crippen molar-refractivity contribution in [2.45, 2.75) is 39.0 Å². The van der Waals surface area contributed by atoms with E-state index in [1.165, 1.54) is 20.8 Å².